The van der Waals surface area contributed by atoms with Gasteiger partial charge in [0.25, 0.3) is 10.1 Å². The van der Waals surface area contributed by atoms with Crippen molar-refractivity contribution < 1.29 is 11.7 Å². The maximum atomic E-state index is 10.3. The fourth-order valence-corrected chi connectivity index (χ4v) is 0.834. The Bertz CT molecular complexity index is 159. The summed E-state index contributed by atoms with van der Waals surface area (Å²) in [7, 11) is -3.37. The topological polar surface area (TPSA) is 43.4 Å². The van der Waals surface area contributed by atoms with Gasteiger partial charge in [-0.25, -0.2) is 0 Å². The van der Waals surface area contributed by atoms with Crippen LogP contribution in [0.15, 0.2) is 12.7 Å². The van der Waals surface area contributed by atoms with Gasteiger partial charge >= 0.3 is 0 Å². The van der Waals surface area contributed by atoms with Crippen LogP contribution in [0, 0.1) is 0 Å². The normalized spacial score (nSPS) is 11.1. The van der Waals surface area contributed by atoms with Crippen molar-refractivity contribution in [2.24, 2.45) is 0 Å². The summed E-state index contributed by atoms with van der Waals surface area (Å²) in [4.78, 5) is 0. The van der Waals surface area contributed by atoms with Gasteiger partial charge in [-0.2, -0.15) is 11.7 Å². The molecule has 0 atom stereocenters. The van der Waals surface area contributed by atoms with Gasteiger partial charge < -0.3 is 0 Å². The maximum absolute atomic E-state index is 10.3. The van der Waals surface area contributed by atoms with Crippen molar-refractivity contribution >= 4 is 26.4 Å². The van der Waals surface area contributed by atoms with Gasteiger partial charge in [-0.15, -0.1) is 6.58 Å². The highest BCUT2D eigenvalue weighted by molar-refractivity contribution is 9.06. The third kappa shape index (κ3) is 3.17. The Morgan fingerprint density at radius 3 is 2.38 bits per heavy atom. The average Bonchev–Trinajstić information content (AvgIpc) is 1.67. The first-order valence-electron chi connectivity index (χ1n) is 1.76. The molecule has 8 heavy (non-hydrogen) atoms. The predicted octanol–water partition coefficient (Wildman–Crippen LogP) is 0.829. The van der Waals surface area contributed by atoms with Crippen LogP contribution >= 0.6 is 16.3 Å². The first-order chi connectivity index (χ1) is 3.62. The molecule has 0 rings (SSSR count). The second-order valence-electron chi connectivity index (χ2n) is 1.08. The molecule has 0 radical (unpaired) electrons. The van der Waals surface area contributed by atoms with Gasteiger partial charge in [0, 0.05) is 0 Å². The molecule has 0 aromatic rings. The van der Waals surface area contributed by atoms with Crippen LogP contribution in [0.2, 0.25) is 0 Å². The fourth-order valence-electron chi connectivity index (χ4n) is 0.170. The molecule has 48 valence electrons. The summed E-state index contributed by atoms with van der Waals surface area (Å²) >= 11 is 2.34. The fraction of sp³-hybridized carbons (Fsp3) is 0.333. The first-order valence-corrected chi connectivity index (χ1v) is 3.98. The highest BCUT2D eigenvalue weighted by atomic mass is 79.9. The highest BCUT2D eigenvalue weighted by Gasteiger charge is 2.03. The lowest BCUT2D eigenvalue weighted by Crippen LogP contribution is -2.01. The molecule has 0 saturated carbocycles. The second kappa shape index (κ2) is 3.21. The van der Waals surface area contributed by atoms with Crippen molar-refractivity contribution in [3.63, 3.8) is 0 Å². The lowest BCUT2D eigenvalue weighted by atomic mass is 10.8. The van der Waals surface area contributed by atoms with Crippen LogP contribution in [-0.4, -0.2) is 14.2 Å². The van der Waals surface area contributed by atoms with Gasteiger partial charge in [-0.3, -0.25) is 0 Å². The molecular weight excluding hydrogens is 196 g/mol. The SMILES string of the molecule is C=CCS(=O)(=O)OBr. The standard InChI is InChI=1S/C3H5BrO3S/c1-2-3-8(5,6)7-4/h2H,1,3H2. The summed E-state index contributed by atoms with van der Waals surface area (Å²) in [6.07, 6.45) is 1.25. The first kappa shape index (κ1) is 8.13. The zero-order chi connectivity index (χ0) is 6.62. The lowest BCUT2D eigenvalue weighted by Gasteiger charge is -1.89. The average molecular weight is 201 g/mol. The van der Waals surface area contributed by atoms with Crippen LogP contribution in [0.3, 0.4) is 0 Å². The third-order valence-corrected chi connectivity index (χ3v) is 2.46. The van der Waals surface area contributed by atoms with E-state index in [1.807, 2.05) is 0 Å². The molecule has 0 N–H and O–H groups in total. The Labute approximate surface area is 56.9 Å². The van der Waals surface area contributed by atoms with E-state index in [2.05, 4.69) is 26.1 Å². The molecule has 0 fully saturated rings. The summed E-state index contributed by atoms with van der Waals surface area (Å²) in [5.41, 5.74) is 0. The van der Waals surface area contributed by atoms with Crippen LogP contribution in [0.5, 0.6) is 0 Å². The minimum Gasteiger partial charge on any atom is -0.198 e. The van der Waals surface area contributed by atoms with E-state index in [9.17, 15) is 8.42 Å². The Morgan fingerprint density at radius 2 is 2.25 bits per heavy atom. The van der Waals surface area contributed by atoms with Gasteiger partial charge in [-0.05, 0) is 0 Å². The van der Waals surface area contributed by atoms with Gasteiger partial charge in [0.15, 0.2) is 0 Å². The number of hydrogen-bond acceptors (Lipinski definition) is 3. The van der Waals surface area contributed by atoms with Crippen LogP contribution in [0.25, 0.3) is 0 Å². The van der Waals surface area contributed by atoms with E-state index in [1.165, 1.54) is 6.08 Å². The summed E-state index contributed by atoms with van der Waals surface area (Å²) in [6, 6.07) is 0. The smallest absolute Gasteiger partial charge is 0.198 e. The molecule has 0 unspecified atom stereocenters. The van der Waals surface area contributed by atoms with E-state index in [1.54, 1.807) is 0 Å². The molecule has 5 heteroatoms. The Kier molecular flexibility index (Phi) is 3.27. The van der Waals surface area contributed by atoms with Crippen LogP contribution in [0.1, 0.15) is 0 Å². The molecule has 0 aliphatic heterocycles. The number of hydrogen-bond donors (Lipinski definition) is 0. The van der Waals surface area contributed by atoms with Crippen LogP contribution in [0.4, 0.5) is 0 Å². The van der Waals surface area contributed by atoms with E-state index in [0.717, 1.165) is 0 Å². The molecule has 0 aromatic carbocycles. The number of rotatable bonds is 3. The van der Waals surface area contributed by atoms with Crippen LogP contribution in [-0.2, 0) is 13.4 Å². The molecule has 0 aromatic heterocycles. The van der Waals surface area contributed by atoms with E-state index in [0.29, 0.717) is 0 Å². The van der Waals surface area contributed by atoms with Crippen molar-refractivity contribution in [2.45, 2.75) is 0 Å². The molecule has 0 spiro atoms. The Balaban J connectivity index is 3.94. The van der Waals surface area contributed by atoms with E-state index in [-0.39, 0.29) is 5.75 Å². The zero-order valence-electron chi connectivity index (χ0n) is 4.00. The molecule has 0 aliphatic carbocycles. The van der Waals surface area contributed by atoms with Crippen molar-refractivity contribution in [1.29, 1.82) is 0 Å². The van der Waals surface area contributed by atoms with E-state index in [4.69, 9.17) is 0 Å². The summed E-state index contributed by atoms with van der Waals surface area (Å²) < 4.78 is 24.4. The quantitative estimate of drug-likeness (QED) is 0.635. The second-order valence-corrected chi connectivity index (χ2v) is 3.44. The molecule has 0 saturated heterocycles. The van der Waals surface area contributed by atoms with Crippen molar-refractivity contribution in [1.82, 2.24) is 0 Å². The van der Waals surface area contributed by atoms with Crippen LogP contribution < -0.4 is 0 Å². The van der Waals surface area contributed by atoms with Gasteiger partial charge in [0.1, 0.15) is 16.3 Å². The van der Waals surface area contributed by atoms with E-state index >= 15 is 0 Å². The summed E-state index contributed by atoms with van der Waals surface area (Å²) in [5.74, 6) is -0.168. The monoisotopic (exact) mass is 200 g/mol. The molecule has 3 nitrogen and oxygen atoms in total. The molecule has 0 amide bonds. The van der Waals surface area contributed by atoms with Crippen molar-refractivity contribution in [3.05, 3.63) is 12.7 Å². The minimum atomic E-state index is -3.37. The largest absolute Gasteiger partial charge is 0.281 e. The molecule has 0 bridgehead atoms. The Hall–Kier alpha value is 0.130. The molecule has 0 aliphatic rings. The minimum absolute atomic E-state index is 0.168. The molecular formula is C3H5BrO3S. The predicted molar refractivity (Wildman–Crippen MR) is 34.0 cm³/mol. The summed E-state index contributed by atoms with van der Waals surface area (Å²) in [5, 5.41) is 0. The van der Waals surface area contributed by atoms with Crippen molar-refractivity contribution in [3.8, 4) is 0 Å². The Morgan fingerprint density at radius 1 is 1.75 bits per heavy atom. The summed E-state index contributed by atoms with van der Waals surface area (Å²) in [6.45, 7) is 3.21. The molecule has 0 heterocycles. The van der Waals surface area contributed by atoms with Gasteiger partial charge in [0.2, 0.25) is 0 Å². The maximum Gasteiger partial charge on any atom is 0.281 e. The lowest BCUT2D eigenvalue weighted by molar-refractivity contribution is 0.530. The van der Waals surface area contributed by atoms with E-state index < -0.39 is 10.1 Å². The van der Waals surface area contributed by atoms with Gasteiger partial charge in [-0.1, -0.05) is 6.08 Å². The van der Waals surface area contributed by atoms with Crippen molar-refractivity contribution in [2.75, 3.05) is 5.75 Å². The zero-order valence-corrected chi connectivity index (χ0v) is 6.41. The highest BCUT2D eigenvalue weighted by Crippen LogP contribution is 1.97. The van der Waals surface area contributed by atoms with Gasteiger partial charge in [0.05, 0.1) is 5.75 Å². The third-order valence-electron chi connectivity index (χ3n) is 0.418. The number of halogens is 1.